The third-order valence-electron chi connectivity index (χ3n) is 2.44. The number of aromatic nitrogens is 2. The number of phosphoric acid groups is 1. The third kappa shape index (κ3) is 5.20. The molecule has 0 aliphatic heterocycles. The van der Waals surface area contributed by atoms with Crippen LogP contribution in [-0.4, -0.2) is 39.6 Å². The molecule has 120 valence electrons. The maximum absolute atomic E-state index is 11.6. The van der Waals surface area contributed by atoms with E-state index in [0.717, 1.165) is 23.9 Å². The van der Waals surface area contributed by atoms with E-state index in [1.807, 2.05) is 4.98 Å². The highest BCUT2D eigenvalue weighted by Gasteiger charge is 2.27. The van der Waals surface area contributed by atoms with Crippen LogP contribution in [0.3, 0.4) is 0 Å². The average Bonchev–Trinajstić information content (AvgIpc) is 2.44. The molecule has 1 heterocycles. The van der Waals surface area contributed by atoms with Gasteiger partial charge in [0, 0.05) is 19.4 Å². The standard InChI is InChI=1S/C10H17N2O8P/c1-3-9(20-21(16,17)18-2)19-8(6-13)12-5-4-7(14)11-10(12)15/h4-5,8-9,13H,3,6H2,1-2H3,(H,16,17)(H,11,14,15)/t8?,9-/m1/s1. The Balaban J connectivity index is 2.92. The number of aliphatic hydroxyl groups excluding tert-OH is 1. The Hall–Kier alpha value is -1.29. The molecule has 0 saturated heterocycles. The van der Waals surface area contributed by atoms with Crippen LogP contribution in [0.5, 0.6) is 0 Å². The average molecular weight is 324 g/mol. The van der Waals surface area contributed by atoms with Crippen LogP contribution in [0.25, 0.3) is 0 Å². The number of rotatable bonds is 8. The van der Waals surface area contributed by atoms with Gasteiger partial charge >= 0.3 is 13.5 Å². The summed E-state index contributed by atoms with van der Waals surface area (Å²) in [4.78, 5) is 33.8. The molecular formula is C10H17N2O8P. The predicted molar refractivity (Wildman–Crippen MR) is 70.5 cm³/mol. The molecular weight excluding hydrogens is 307 g/mol. The summed E-state index contributed by atoms with van der Waals surface area (Å²) in [5.74, 6) is 0. The van der Waals surface area contributed by atoms with Gasteiger partial charge in [0.1, 0.15) is 0 Å². The maximum Gasteiger partial charge on any atom is 0.474 e. The summed E-state index contributed by atoms with van der Waals surface area (Å²) >= 11 is 0. The number of hydrogen-bond acceptors (Lipinski definition) is 7. The number of H-pyrrole nitrogens is 1. The molecule has 0 bridgehead atoms. The van der Waals surface area contributed by atoms with Crippen molar-refractivity contribution in [2.45, 2.75) is 25.9 Å². The van der Waals surface area contributed by atoms with Crippen molar-refractivity contribution < 1.29 is 28.3 Å². The molecule has 21 heavy (non-hydrogen) atoms. The smallest absolute Gasteiger partial charge is 0.392 e. The van der Waals surface area contributed by atoms with Crippen LogP contribution in [0.2, 0.25) is 0 Å². The second kappa shape index (κ2) is 7.64. The first-order chi connectivity index (χ1) is 9.82. The number of ether oxygens (including phenoxy) is 1. The Morgan fingerprint density at radius 1 is 1.48 bits per heavy atom. The molecule has 0 aliphatic rings. The molecule has 0 saturated carbocycles. The summed E-state index contributed by atoms with van der Waals surface area (Å²) < 4.78 is 26.5. The first-order valence-corrected chi connectivity index (χ1v) is 7.47. The molecule has 0 aromatic carbocycles. The molecule has 3 N–H and O–H groups in total. The van der Waals surface area contributed by atoms with Gasteiger partial charge in [-0.05, 0) is 6.42 Å². The zero-order valence-electron chi connectivity index (χ0n) is 11.5. The van der Waals surface area contributed by atoms with Crippen molar-refractivity contribution in [2.75, 3.05) is 13.7 Å². The SMILES string of the molecule is CC[C@H](OC(CO)n1ccc(=O)[nH]c1=O)OP(=O)(O)OC. The second-order valence-electron chi connectivity index (χ2n) is 3.89. The molecule has 0 fully saturated rings. The van der Waals surface area contributed by atoms with Gasteiger partial charge in [0.05, 0.1) is 6.61 Å². The Labute approximate surface area is 119 Å². The molecule has 10 nitrogen and oxygen atoms in total. The summed E-state index contributed by atoms with van der Waals surface area (Å²) in [5, 5.41) is 9.28. The molecule has 0 aliphatic carbocycles. The van der Waals surface area contributed by atoms with E-state index in [0.29, 0.717) is 0 Å². The van der Waals surface area contributed by atoms with Gasteiger partial charge in [0.2, 0.25) is 0 Å². The van der Waals surface area contributed by atoms with Crippen molar-refractivity contribution in [1.82, 2.24) is 9.55 Å². The molecule has 0 radical (unpaired) electrons. The van der Waals surface area contributed by atoms with E-state index < -0.39 is 38.2 Å². The summed E-state index contributed by atoms with van der Waals surface area (Å²) in [6.07, 6.45) is -1.11. The fraction of sp³-hybridized carbons (Fsp3) is 0.600. The van der Waals surface area contributed by atoms with E-state index in [4.69, 9.17) is 9.26 Å². The highest BCUT2D eigenvalue weighted by atomic mass is 31.2. The Kier molecular flexibility index (Phi) is 6.46. The van der Waals surface area contributed by atoms with Crippen LogP contribution in [0.15, 0.2) is 21.9 Å². The van der Waals surface area contributed by atoms with E-state index in [2.05, 4.69) is 4.52 Å². The minimum Gasteiger partial charge on any atom is -0.392 e. The normalized spacial score (nSPS) is 17.1. The predicted octanol–water partition coefficient (Wildman–Crippen LogP) is -0.456. The molecule has 3 atom stereocenters. The fourth-order valence-electron chi connectivity index (χ4n) is 1.41. The summed E-state index contributed by atoms with van der Waals surface area (Å²) in [7, 11) is -3.29. The lowest BCUT2D eigenvalue weighted by Gasteiger charge is -2.24. The van der Waals surface area contributed by atoms with Gasteiger partial charge < -0.3 is 14.7 Å². The van der Waals surface area contributed by atoms with Crippen LogP contribution in [0.4, 0.5) is 0 Å². The number of nitrogens with zero attached hydrogens (tertiary/aromatic N) is 1. The highest BCUT2D eigenvalue weighted by molar-refractivity contribution is 7.47. The van der Waals surface area contributed by atoms with Gasteiger partial charge in [0.15, 0.2) is 12.5 Å². The summed E-state index contributed by atoms with van der Waals surface area (Å²) in [6, 6.07) is 1.07. The summed E-state index contributed by atoms with van der Waals surface area (Å²) in [5.41, 5.74) is -1.40. The van der Waals surface area contributed by atoms with E-state index in [-0.39, 0.29) is 6.42 Å². The minimum atomic E-state index is -4.28. The Bertz CT molecular complexity index is 612. The zero-order valence-corrected chi connectivity index (χ0v) is 12.4. The molecule has 2 unspecified atom stereocenters. The third-order valence-corrected chi connectivity index (χ3v) is 3.40. The number of aliphatic hydroxyl groups is 1. The largest absolute Gasteiger partial charge is 0.474 e. The molecule has 1 rings (SSSR count). The van der Waals surface area contributed by atoms with Crippen molar-refractivity contribution in [3.63, 3.8) is 0 Å². The maximum atomic E-state index is 11.6. The Morgan fingerprint density at radius 3 is 2.62 bits per heavy atom. The lowest BCUT2D eigenvalue weighted by Crippen LogP contribution is -2.36. The molecule has 11 heteroatoms. The molecule has 0 spiro atoms. The van der Waals surface area contributed by atoms with Crippen molar-refractivity contribution in [3.8, 4) is 0 Å². The second-order valence-corrected chi connectivity index (χ2v) is 5.40. The number of nitrogens with one attached hydrogen (secondary N) is 1. The van der Waals surface area contributed by atoms with Crippen molar-refractivity contribution >= 4 is 7.82 Å². The topological polar surface area (TPSA) is 140 Å². The van der Waals surface area contributed by atoms with Crippen LogP contribution in [-0.2, 0) is 18.3 Å². The minimum absolute atomic E-state index is 0.155. The summed E-state index contributed by atoms with van der Waals surface area (Å²) in [6.45, 7) is 0.985. The van der Waals surface area contributed by atoms with Crippen molar-refractivity contribution in [2.24, 2.45) is 0 Å². The van der Waals surface area contributed by atoms with Gasteiger partial charge in [-0.2, -0.15) is 0 Å². The van der Waals surface area contributed by atoms with Crippen LogP contribution >= 0.6 is 7.82 Å². The van der Waals surface area contributed by atoms with Gasteiger partial charge in [-0.3, -0.25) is 23.4 Å². The number of phosphoric ester groups is 1. The number of aromatic amines is 1. The van der Waals surface area contributed by atoms with Gasteiger partial charge in [-0.1, -0.05) is 6.92 Å². The quantitative estimate of drug-likeness (QED) is 0.431. The molecule has 1 aromatic rings. The lowest BCUT2D eigenvalue weighted by atomic mass is 10.4. The van der Waals surface area contributed by atoms with Gasteiger partial charge in [-0.25, -0.2) is 9.36 Å². The van der Waals surface area contributed by atoms with Gasteiger partial charge in [-0.15, -0.1) is 0 Å². The first kappa shape index (κ1) is 17.8. The monoisotopic (exact) mass is 324 g/mol. The number of hydrogen-bond donors (Lipinski definition) is 3. The lowest BCUT2D eigenvalue weighted by molar-refractivity contribution is -0.168. The van der Waals surface area contributed by atoms with Crippen LogP contribution < -0.4 is 11.2 Å². The first-order valence-electron chi connectivity index (χ1n) is 5.97. The van der Waals surface area contributed by atoms with Crippen LogP contribution in [0, 0.1) is 0 Å². The van der Waals surface area contributed by atoms with E-state index in [9.17, 15) is 24.2 Å². The van der Waals surface area contributed by atoms with Crippen molar-refractivity contribution in [3.05, 3.63) is 33.1 Å². The highest BCUT2D eigenvalue weighted by Crippen LogP contribution is 2.44. The van der Waals surface area contributed by atoms with Gasteiger partial charge in [0.25, 0.3) is 5.56 Å². The zero-order chi connectivity index (χ0) is 16.0. The van der Waals surface area contributed by atoms with E-state index in [1.54, 1.807) is 6.92 Å². The van der Waals surface area contributed by atoms with E-state index in [1.165, 1.54) is 0 Å². The molecule has 0 amide bonds. The van der Waals surface area contributed by atoms with Crippen LogP contribution in [0.1, 0.15) is 19.6 Å². The van der Waals surface area contributed by atoms with E-state index >= 15 is 0 Å². The van der Waals surface area contributed by atoms with Crippen molar-refractivity contribution in [1.29, 1.82) is 0 Å². The Morgan fingerprint density at radius 2 is 2.14 bits per heavy atom. The fourth-order valence-corrected chi connectivity index (χ4v) is 2.00. The molecule has 1 aromatic heterocycles.